The van der Waals surface area contributed by atoms with E-state index in [9.17, 15) is 14.0 Å². The number of carbonyl (C=O) groups is 2. The van der Waals surface area contributed by atoms with Crippen molar-refractivity contribution in [3.05, 3.63) is 29.6 Å². The highest BCUT2D eigenvalue weighted by molar-refractivity contribution is 7.99. The fourth-order valence-electron chi connectivity index (χ4n) is 1.98. The van der Waals surface area contributed by atoms with E-state index in [1.807, 2.05) is 0 Å². The monoisotopic (exact) mass is 298 g/mol. The number of anilines is 1. The lowest BCUT2D eigenvalue weighted by Gasteiger charge is -2.32. The molecule has 0 saturated carbocycles. The van der Waals surface area contributed by atoms with Gasteiger partial charge >= 0.3 is 12.0 Å². The number of hydrogen-bond donors (Lipinski definition) is 2. The molecule has 0 aromatic heterocycles. The van der Waals surface area contributed by atoms with Crippen LogP contribution in [0.1, 0.15) is 5.56 Å². The van der Waals surface area contributed by atoms with Crippen LogP contribution < -0.4 is 5.32 Å². The Hall–Kier alpha value is -1.76. The van der Waals surface area contributed by atoms with E-state index >= 15 is 0 Å². The van der Waals surface area contributed by atoms with Gasteiger partial charge in [0.15, 0.2) is 0 Å². The van der Waals surface area contributed by atoms with Crippen LogP contribution in [0.5, 0.6) is 0 Å². The van der Waals surface area contributed by atoms with Crippen molar-refractivity contribution in [2.24, 2.45) is 0 Å². The first kappa shape index (κ1) is 14.6. The Morgan fingerprint density at radius 1 is 1.50 bits per heavy atom. The minimum Gasteiger partial charge on any atom is -0.480 e. The maximum absolute atomic E-state index is 13.4. The number of rotatable bonds is 2. The number of thioether (sulfide) groups is 1. The summed E-state index contributed by atoms with van der Waals surface area (Å²) in [6, 6.07) is 3.04. The molecule has 0 aliphatic carbocycles. The number of nitrogens with zero attached hydrogens (tertiary/aromatic N) is 1. The van der Waals surface area contributed by atoms with Crippen LogP contribution in [0.15, 0.2) is 18.2 Å². The molecule has 0 radical (unpaired) electrons. The van der Waals surface area contributed by atoms with E-state index in [0.29, 0.717) is 29.3 Å². The van der Waals surface area contributed by atoms with Gasteiger partial charge in [-0.15, -0.1) is 0 Å². The molecule has 20 heavy (non-hydrogen) atoms. The lowest BCUT2D eigenvalue weighted by Crippen LogP contribution is -2.51. The molecule has 108 valence electrons. The first-order valence-corrected chi connectivity index (χ1v) is 7.29. The SMILES string of the molecule is Cc1c(F)cccc1NC(=O)N1CCSCC1C(=O)O. The minimum atomic E-state index is -1.02. The van der Waals surface area contributed by atoms with Crippen molar-refractivity contribution < 1.29 is 19.1 Å². The smallest absolute Gasteiger partial charge is 0.327 e. The van der Waals surface area contributed by atoms with Gasteiger partial charge in [0.1, 0.15) is 11.9 Å². The molecule has 1 atom stereocenters. The number of nitrogens with one attached hydrogen (secondary N) is 1. The first-order chi connectivity index (χ1) is 9.50. The molecule has 1 unspecified atom stereocenters. The van der Waals surface area contributed by atoms with E-state index in [-0.39, 0.29) is 0 Å². The summed E-state index contributed by atoms with van der Waals surface area (Å²) in [5.74, 6) is -0.375. The summed E-state index contributed by atoms with van der Waals surface area (Å²) in [5.41, 5.74) is 0.691. The van der Waals surface area contributed by atoms with Crippen LogP contribution in [0.25, 0.3) is 0 Å². The second kappa shape index (κ2) is 6.13. The van der Waals surface area contributed by atoms with E-state index in [1.165, 1.54) is 28.8 Å². The number of amides is 2. The summed E-state index contributed by atoms with van der Waals surface area (Å²) in [6.45, 7) is 1.92. The van der Waals surface area contributed by atoms with Crippen LogP contribution in [-0.2, 0) is 4.79 Å². The normalized spacial score (nSPS) is 18.7. The van der Waals surface area contributed by atoms with Crippen molar-refractivity contribution in [2.45, 2.75) is 13.0 Å². The molecule has 1 aromatic carbocycles. The van der Waals surface area contributed by atoms with E-state index < -0.39 is 23.9 Å². The summed E-state index contributed by atoms with van der Waals surface area (Å²) >= 11 is 1.50. The largest absolute Gasteiger partial charge is 0.480 e. The van der Waals surface area contributed by atoms with Gasteiger partial charge in [-0.3, -0.25) is 0 Å². The molecular formula is C13H15FN2O3S. The number of carboxylic acid groups (broad SMARTS) is 1. The standard InChI is InChI=1S/C13H15FN2O3S/c1-8-9(14)3-2-4-10(8)15-13(19)16-5-6-20-7-11(16)12(17)18/h2-4,11H,5-7H2,1H3,(H,15,19)(H,17,18). The zero-order valence-electron chi connectivity index (χ0n) is 10.9. The Labute approximate surface area is 120 Å². The van der Waals surface area contributed by atoms with E-state index in [0.717, 1.165) is 0 Å². The van der Waals surface area contributed by atoms with Crippen LogP contribution in [0, 0.1) is 12.7 Å². The van der Waals surface area contributed by atoms with Crippen molar-refractivity contribution >= 4 is 29.4 Å². The molecule has 1 fully saturated rings. The quantitative estimate of drug-likeness (QED) is 0.878. The number of aliphatic carboxylic acids is 1. The number of hydrogen-bond acceptors (Lipinski definition) is 3. The summed E-state index contributed by atoms with van der Waals surface area (Å²) in [7, 11) is 0. The third kappa shape index (κ3) is 3.04. The van der Waals surface area contributed by atoms with Gasteiger partial charge in [-0.25, -0.2) is 14.0 Å². The maximum Gasteiger partial charge on any atom is 0.327 e. The Kier molecular flexibility index (Phi) is 4.49. The molecule has 1 aromatic rings. The third-order valence-corrected chi connectivity index (χ3v) is 4.21. The molecule has 2 rings (SSSR count). The Morgan fingerprint density at radius 2 is 2.25 bits per heavy atom. The zero-order valence-corrected chi connectivity index (χ0v) is 11.7. The molecule has 0 spiro atoms. The molecular weight excluding hydrogens is 283 g/mol. The number of carboxylic acids is 1. The van der Waals surface area contributed by atoms with E-state index in [1.54, 1.807) is 13.0 Å². The highest BCUT2D eigenvalue weighted by Gasteiger charge is 2.32. The lowest BCUT2D eigenvalue weighted by molar-refractivity contribution is -0.141. The maximum atomic E-state index is 13.4. The number of urea groups is 1. The zero-order chi connectivity index (χ0) is 14.7. The van der Waals surface area contributed by atoms with Gasteiger partial charge in [-0.2, -0.15) is 11.8 Å². The number of benzene rings is 1. The Morgan fingerprint density at radius 3 is 2.95 bits per heavy atom. The van der Waals surface area contributed by atoms with E-state index in [4.69, 9.17) is 5.11 Å². The van der Waals surface area contributed by atoms with Gasteiger partial charge in [0.2, 0.25) is 0 Å². The summed E-state index contributed by atoms with van der Waals surface area (Å²) in [5, 5.41) is 11.7. The molecule has 1 saturated heterocycles. The fraction of sp³-hybridized carbons (Fsp3) is 0.385. The number of halogens is 1. The average molecular weight is 298 g/mol. The number of carbonyl (C=O) groups excluding carboxylic acids is 1. The van der Waals surface area contributed by atoms with Crippen molar-refractivity contribution in [3.63, 3.8) is 0 Å². The van der Waals surface area contributed by atoms with Crippen molar-refractivity contribution in [1.29, 1.82) is 0 Å². The van der Waals surface area contributed by atoms with Crippen LogP contribution in [0.4, 0.5) is 14.9 Å². The summed E-state index contributed by atoms with van der Waals surface area (Å²) in [4.78, 5) is 24.6. The van der Waals surface area contributed by atoms with Gasteiger partial charge in [0.05, 0.1) is 0 Å². The predicted molar refractivity (Wildman–Crippen MR) is 75.6 cm³/mol. The Bertz CT molecular complexity index is 538. The lowest BCUT2D eigenvalue weighted by atomic mass is 10.2. The van der Waals surface area contributed by atoms with Crippen LogP contribution >= 0.6 is 11.8 Å². The molecule has 5 nitrogen and oxygen atoms in total. The third-order valence-electron chi connectivity index (χ3n) is 3.18. The average Bonchev–Trinajstić information content (AvgIpc) is 2.43. The summed E-state index contributed by atoms with van der Waals surface area (Å²) in [6.07, 6.45) is 0. The molecule has 1 aliphatic rings. The van der Waals surface area contributed by atoms with Gasteiger partial charge in [0.25, 0.3) is 0 Å². The second-order valence-electron chi connectivity index (χ2n) is 4.46. The van der Waals surface area contributed by atoms with Crippen LogP contribution in [-0.4, -0.2) is 46.1 Å². The van der Waals surface area contributed by atoms with Crippen molar-refractivity contribution in [1.82, 2.24) is 4.90 Å². The molecule has 2 N–H and O–H groups in total. The van der Waals surface area contributed by atoms with Crippen LogP contribution in [0.3, 0.4) is 0 Å². The molecule has 1 aliphatic heterocycles. The van der Waals surface area contributed by atoms with Crippen LogP contribution in [0.2, 0.25) is 0 Å². The second-order valence-corrected chi connectivity index (χ2v) is 5.61. The fourth-order valence-corrected chi connectivity index (χ4v) is 3.02. The molecule has 7 heteroatoms. The van der Waals surface area contributed by atoms with Gasteiger partial charge < -0.3 is 15.3 Å². The minimum absolute atomic E-state index is 0.333. The Balaban J connectivity index is 2.14. The summed E-state index contributed by atoms with van der Waals surface area (Å²) < 4.78 is 13.4. The topological polar surface area (TPSA) is 69.6 Å². The van der Waals surface area contributed by atoms with Crippen molar-refractivity contribution in [2.75, 3.05) is 23.4 Å². The highest BCUT2D eigenvalue weighted by Crippen LogP contribution is 2.21. The van der Waals surface area contributed by atoms with Gasteiger partial charge in [-0.05, 0) is 19.1 Å². The van der Waals surface area contributed by atoms with Crippen molar-refractivity contribution in [3.8, 4) is 0 Å². The van der Waals surface area contributed by atoms with Gasteiger partial charge in [-0.1, -0.05) is 6.07 Å². The highest BCUT2D eigenvalue weighted by atomic mass is 32.2. The first-order valence-electron chi connectivity index (χ1n) is 6.14. The molecule has 0 bridgehead atoms. The van der Waals surface area contributed by atoms with Gasteiger partial charge in [0, 0.05) is 29.3 Å². The molecule has 2 amide bonds. The van der Waals surface area contributed by atoms with E-state index in [2.05, 4.69) is 5.32 Å². The predicted octanol–water partition coefficient (Wildman–Crippen LogP) is 2.17. The molecule has 1 heterocycles.